The van der Waals surface area contributed by atoms with Crippen molar-refractivity contribution in [3.05, 3.63) is 35.9 Å². The molecule has 0 aromatic heterocycles. The van der Waals surface area contributed by atoms with Crippen molar-refractivity contribution in [2.75, 3.05) is 19.6 Å². The van der Waals surface area contributed by atoms with E-state index in [-0.39, 0.29) is 0 Å². The third-order valence-corrected chi connectivity index (χ3v) is 4.19. The average molecular weight is 232 g/mol. The number of hydrogen-bond acceptors (Lipinski definition) is 2. The summed E-state index contributed by atoms with van der Waals surface area (Å²) in [5, 5.41) is 0. The van der Waals surface area contributed by atoms with Crippen molar-refractivity contribution >= 4 is 0 Å². The second kappa shape index (κ2) is 5.19. The van der Waals surface area contributed by atoms with Crippen molar-refractivity contribution in [2.45, 2.75) is 26.8 Å². The van der Waals surface area contributed by atoms with Gasteiger partial charge in [0.25, 0.3) is 0 Å². The molecule has 1 unspecified atom stereocenters. The molecule has 1 aromatic rings. The van der Waals surface area contributed by atoms with Gasteiger partial charge in [0.15, 0.2) is 0 Å². The zero-order chi connectivity index (χ0) is 12.3. The molecule has 1 aliphatic heterocycles. The van der Waals surface area contributed by atoms with E-state index < -0.39 is 0 Å². The van der Waals surface area contributed by atoms with E-state index in [1.165, 1.54) is 18.5 Å². The van der Waals surface area contributed by atoms with Crippen molar-refractivity contribution < 1.29 is 0 Å². The Hall–Kier alpha value is -0.860. The maximum atomic E-state index is 5.91. The SMILES string of the molecule is CC1(C)CCN(Cc2ccccc2)CC1CN. The summed E-state index contributed by atoms with van der Waals surface area (Å²) in [6.07, 6.45) is 1.25. The molecule has 0 spiro atoms. The lowest BCUT2D eigenvalue weighted by atomic mass is 9.73. The van der Waals surface area contributed by atoms with E-state index in [1.807, 2.05) is 0 Å². The molecule has 0 amide bonds. The Morgan fingerprint density at radius 3 is 2.65 bits per heavy atom. The first-order chi connectivity index (χ1) is 8.12. The van der Waals surface area contributed by atoms with E-state index in [1.54, 1.807) is 0 Å². The Morgan fingerprint density at radius 2 is 2.00 bits per heavy atom. The van der Waals surface area contributed by atoms with Crippen LogP contribution in [-0.4, -0.2) is 24.5 Å². The normalized spacial score (nSPS) is 24.8. The van der Waals surface area contributed by atoms with Crippen LogP contribution < -0.4 is 5.73 Å². The Labute approximate surface area is 105 Å². The summed E-state index contributed by atoms with van der Waals surface area (Å²) in [7, 11) is 0. The molecule has 0 saturated carbocycles. The Kier molecular flexibility index (Phi) is 3.85. The molecule has 1 aromatic carbocycles. The van der Waals surface area contributed by atoms with Gasteiger partial charge in [0.05, 0.1) is 0 Å². The fourth-order valence-electron chi connectivity index (χ4n) is 2.68. The highest BCUT2D eigenvalue weighted by Gasteiger charge is 2.34. The number of likely N-dealkylation sites (tertiary alicyclic amines) is 1. The van der Waals surface area contributed by atoms with Gasteiger partial charge in [0.1, 0.15) is 0 Å². The molecule has 0 bridgehead atoms. The van der Waals surface area contributed by atoms with E-state index in [9.17, 15) is 0 Å². The highest BCUT2D eigenvalue weighted by molar-refractivity contribution is 5.14. The molecule has 2 heteroatoms. The zero-order valence-electron chi connectivity index (χ0n) is 11.0. The Balaban J connectivity index is 1.96. The van der Waals surface area contributed by atoms with Gasteiger partial charge in [-0.25, -0.2) is 0 Å². The third kappa shape index (κ3) is 3.08. The molecule has 2 N–H and O–H groups in total. The molecule has 1 atom stereocenters. The molecule has 17 heavy (non-hydrogen) atoms. The lowest BCUT2D eigenvalue weighted by Crippen LogP contribution is -2.47. The van der Waals surface area contributed by atoms with Crippen LogP contribution in [0.3, 0.4) is 0 Å². The highest BCUT2D eigenvalue weighted by Crippen LogP contribution is 2.35. The van der Waals surface area contributed by atoms with E-state index in [4.69, 9.17) is 5.73 Å². The van der Waals surface area contributed by atoms with Gasteiger partial charge in [-0.1, -0.05) is 44.2 Å². The van der Waals surface area contributed by atoms with Gasteiger partial charge in [0, 0.05) is 13.1 Å². The molecule has 94 valence electrons. The summed E-state index contributed by atoms with van der Waals surface area (Å²) in [4.78, 5) is 2.54. The number of hydrogen-bond donors (Lipinski definition) is 1. The zero-order valence-corrected chi connectivity index (χ0v) is 11.0. The molecule has 1 heterocycles. The van der Waals surface area contributed by atoms with Gasteiger partial charge < -0.3 is 5.73 Å². The van der Waals surface area contributed by atoms with Crippen LogP contribution in [-0.2, 0) is 6.54 Å². The van der Waals surface area contributed by atoms with E-state index in [0.29, 0.717) is 11.3 Å². The Morgan fingerprint density at radius 1 is 1.29 bits per heavy atom. The van der Waals surface area contributed by atoms with Crippen LogP contribution in [0.15, 0.2) is 30.3 Å². The molecule has 0 radical (unpaired) electrons. The summed E-state index contributed by atoms with van der Waals surface area (Å²) < 4.78 is 0. The third-order valence-electron chi connectivity index (χ3n) is 4.19. The summed E-state index contributed by atoms with van der Waals surface area (Å²) >= 11 is 0. The van der Waals surface area contributed by atoms with Crippen LogP contribution in [0.4, 0.5) is 0 Å². The van der Waals surface area contributed by atoms with Gasteiger partial charge in [-0.05, 0) is 36.4 Å². The van der Waals surface area contributed by atoms with Crippen LogP contribution in [0.25, 0.3) is 0 Å². The summed E-state index contributed by atoms with van der Waals surface area (Å²) in [6.45, 7) is 8.90. The summed E-state index contributed by atoms with van der Waals surface area (Å²) in [5.41, 5.74) is 7.72. The van der Waals surface area contributed by atoms with Gasteiger partial charge in [-0.15, -0.1) is 0 Å². The quantitative estimate of drug-likeness (QED) is 0.867. The monoisotopic (exact) mass is 232 g/mol. The van der Waals surface area contributed by atoms with Gasteiger partial charge in [-0.2, -0.15) is 0 Å². The number of nitrogens with zero attached hydrogens (tertiary/aromatic N) is 1. The Bertz CT molecular complexity index is 345. The van der Waals surface area contributed by atoms with Crippen LogP contribution in [0.2, 0.25) is 0 Å². The fourth-order valence-corrected chi connectivity index (χ4v) is 2.68. The molecule has 2 nitrogen and oxygen atoms in total. The van der Waals surface area contributed by atoms with Crippen molar-refractivity contribution in [1.29, 1.82) is 0 Å². The molecule has 0 aliphatic carbocycles. The van der Waals surface area contributed by atoms with Gasteiger partial charge in [-0.3, -0.25) is 4.90 Å². The number of piperidine rings is 1. The number of rotatable bonds is 3. The van der Waals surface area contributed by atoms with Gasteiger partial charge >= 0.3 is 0 Å². The molecule has 2 rings (SSSR count). The first kappa shape index (κ1) is 12.6. The van der Waals surface area contributed by atoms with Crippen LogP contribution >= 0.6 is 0 Å². The lowest BCUT2D eigenvalue weighted by Gasteiger charge is -2.43. The number of benzene rings is 1. The minimum atomic E-state index is 0.405. The minimum Gasteiger partial charge on any atom is -0.330 e. The molecule has 1 fully saturated rings. The maximum Gasteiger partial charge on any atom is 0.0233 e. The standard InChI is InChI=1S/C15H24N2/c1-15(2)8-9-17(12-14(15)10-16)11-13-6-4-3-5-7-13/h3-7,14H,8-12,16H2,1-2H3. The number of nitrogens with two attached hydrogens (primary N) is 1. The van der Waals surface area contributed by atoms with E-state index in [2.05, 4.69) is 49.1 Å². The van der Waals surface area contributed by atoms with Crippen molar-refractivity contribution in [3.8, 4) is 0 Å². The topological polar surface area (TPSA) is 29.3 Å². The lowest BCUT2D eigenvalue weighted by molar-refractivity contribution is 0.0606. The van der Waals surface area contributed by atoms with E-state index in [0.717, 1.165) is 19.6 Å². The van der Waals surface area contributed by atoms with Crippen LogP contribution in [0.5, 0.6) is 0 Å². The average Bonchev–Trinajstić information content (AvgIpc) is 2.33. The fraction of sp³-hybridized carbons (Fsp3) is 0.600. The highest BCUT2D eigenvalue weighted by atomic mass is 15.1. The predicted octanol–water partition coefficient (Wildman–Crippen LogP) is 2.49. The van der Waals surface area contributed by atoms with Crippen LogP contribution in [0.1, 0.15) is 25.8 Å². The largest absolute Gasteiger partial charge is 0.330 e. The predicted molar refractivity (Wildman–Crippen MR) is 72.7 cm³/mol. The summed E-state index contributed by atoms with van der Waals surface area (Å²) in [6, 6.07) is 10.7. The smallest absolute Gasteiger partial charge is 0.0233 e. The minimum absolute atomic E-state index is 0.405. The van der Waals surface area contributed by atoms with Crippen LogP contribution in [0, 0.1) is 11.3 Å². The van der Waals surface area contributed by atoms with Crippen molar-refractivity contribution in [1.82, 2.24) is 4.90 Å². The first-order valence-electron chi connectivity index (χ1n) is 6.58. The first-order valence-corrected chi connectivity index (χ1v) is 6.58. The molecule has 1 saturated heterocycles. The molecular formula is C15H24N2. The second-order valence-electron chi connectivity index (χ2n) is 5.89. The van der Waals surface area contributed by atoms with E-state index >= 15 is 0 Å². The van der Waals surface area contributed by atoms with Crippen molar-refractivity contribution in [3.63, 3.8) is 0 Å². The molecular weight excluding hydrogens is 208 g/mol. The second-order valence-corrected chi connectivity index (χ2v) is 5.89. The summed E-state index contributed by atoms with van der Waals surface area (Å²) in [5.74, 6) is 0.625. The van der Waals surface area contributed by atoms with Crippen molar-refractivity contribution in [2.24, 2.45) is 17.1 Å². The van der Waals surface area contributed by atoms with Gasteiger partial charge in [0.2, 0.25) is 0 Å². The maximum absolute atomic E-state index is 5.91. The molecule has 1 aliphatic rings.